The second-order valence-electron chi connectivity index (χ2n) is 10.8. The molecule has 3 aromatic heterocycles. The minimum Gasteiger partial charge on any atom is -0.366 e. The Morgan fingerprint density at radius 3 is 2.46 bits per heavy atom. The number of sulfonamides is 1. The van der Waals surface area contributed by atoms with Crippen LogP contribution in [0.1, 0.15) is 31.2 Å². The van der Waals surface area contributed by atoms with Crippen molar-refractivity contribution in [1.82, 2.24) is 34.5 Å². The van der Waals surface area contributed by atoms with Gasteiger partial charge in [-0.25, -0.2) is 26.9 Å². The molecule has 5 heterocycles. The van der Waals surface area contributed by atoms with Gasteiger partial charge in [-0.1, -0.05) is 11.3 Å². The summed E-state index contributed by atoms with van der Waals surface area (Å²) in [6.07, 6.45) is -1.24. The number of fused-ring (bicyclic) bond motifs is 1. The fraction of sp³-hybridized carbons (Fsp3) is 0.565. The van der Waals surface area contributed by atoms with E-state index in [0.29, 0.717) is 24.0 Å². The molecule has 0 aromatic carbocycles. The van der Waals surface area contributed by atoms with Gasteiger partial charge in [0, 0.05) is 44.3 Å². The summed E-state index contributed by atoms with van der Waals surface area (Å²) < 4.78 is 97.6. The summed E-state index contributed by atoms with van der Waals surface area (Å²) >= 11 is 0.290. The van der Waals surface area contributed by atoms with Crippen LogP contribution in [0.5, 0.6) is 0 Å². The van der Waals surface area contributed by atoms with E-state index in [4.69, 9.17) is 0 Å². The third-order valence-electron chi connectivity index (χ3n) is 7.48. The quantitative estimate of drug-likeness (QED) is 0.403. The van der Waals surface area contributed by atoms with Crippen LogP contribution in [0.15, 0.2) is 23.4 Å². The molecule has 2 N–H and O–H groups in total. The lowest BCUT2D eigenvalue weighted by Crippen LogP contribution is -2.53. The first-order valence-electron chi connectivity index (χ1n) is 12.8. The first kappa shape index (κ1) is 28.2. The molecule has 0 spiro atoms. The number of piperazine rings is 1. The Balaban J connectivity index is 1.33. The van der Waals surface area contributed by atoms with Crippen LogP contribution in [-0.4, -0.2) is 89.0 Å². The number of halogens is 5. The lowest BCUT2D eigenvalue weighted by molar-refractivity contribution is -0.138. The van der Waals surface area contributed by atoms with Crippen molar-refractivity contribution in [3.8, 4) is 10.8 Å². The Morgan fingerprint density at radius 2 is 1.88 bits per heavy atom. The van der Waals surface area contributed by atoms with Gasteiger partial charge in [0.25, 0.3) is 5.92 Å². The van der Waals surface area contributed by atoms with Crippen molar-refractivity contribution in [2.75, 3.05) is 37.6 Å². The largest absolute Gasteiger partial charge is 0.445 e. The number of imidazole rings is 1. The SMILES string of the molecule is CC1(NS(=O)(=O)c2cc(N3CCN(C(=O)[C@H]4CC(F)(F)CN4)CC3)c3cnc(-c4nnc(C(F)(F)F)s4)n3c2)CC1. The number of hydrogen-bond donors (Lipinski definition) is 2. The van der Waals surface area contributed by atoms with Gasteiger partial charge in [-0.3, -0.25) is 14.5 Å². The van der Waals surface area contributed by atoms with Crippen molar-refractivity contribution in [2.45, 2.75) is 54.8 Å². The standard InChI is InChI=1S/C23H25F5N8O3S2/c1-21(2-3-21)33-41(38,39)13-8-15(34-4-6-35(7-5-34)19(37)14-9-22(24,25)12-30-14)16-10-29-17(36(16)11-13)18-31-32-20(40-18)23(26,27)28/h8,10-11,14,30,33H,2-7,9,12H2,1H3/t14-/m1/s1. The smallest absolute Gasteiger partial charge is 0.366 e. The number of nitrogens with zero attached hydrogens (tertiary/aromatic N) is 6. The molecule has 1 atom stereocenters. The number of alkyl halides is 5. The van der Waals surface area contributed by atoms with Gasteiger partial charge in [0.1, 0.15) is 4.90 Å². The Morgan fingerprint density at radius 1 is 1.17 bits per heavy atom. The Hall–Kier alpha value is -2.96. The van der Waals surface area contributed by atoms with Crippen LogP contribution in [0.2, 0.25) is 0 Å². The summed E-state index contributed by atoms with van der Waals surface area (Å²) in [5, 5.41) is 8.12. The molecule has 3 aliphatic rings. The molecule has 2 saturated heterocycles. The van der Waals surface area contributed by atoms with E-state index in [0.717, 1.165) is 0 Å². The molecule has 0 bridgehead atoms. The number of carbonyl (C=O) groups is 1. The lowest BCUT2D eigenvalue weighted by atomic mass is 10.1. The maximum Gasteiger partial charge on any atom is 0.445 e. The molecule has 6 rings (SSSR count). The van der Waals surface area contributed by atoms with Gasteiger partial charge in [0.2, 0.25) is 20.9 Å². The lowest BCUT2D eigenvalue weighted by Gasteiger charge is -2.37. The van der Waals surface area contributed by atoms with Gasteiger partial charge in [0.15, 0.2) is 10.8 Å². The third-order valence-corrected chi connectivity index (χ3v) is 10.1. The number of aromatic nitrogens is 4. The molecule has 1 aliphatic carbocycles. The predicted octanol–water partition coefficient (Wildman–Crippen LogP) is 2.35. The zero-order valence-corrected chi connectivity index (χ0v) is 23.2. The zero-order chi connectivity index (χ0) is 29.4. The van der Waals surface area contributed by atoms with Crippen molar-refractivity contribution in [3.05, 3.63) is 23.5 Å². The van der Waals surface area contributed by atoms with Gasteiger partial charge in [-0.05, 0) is 25.8 Å². The minimum atomic E-state index is -4.70. The fourth-order valence-corrected chi connectivity index (χ4v) is 7.18. The Bertz CT molecular complexity index is 1610. The van der Waals surface area contributed by atoms with E-state index in [1.807, 2.05) is 4.90 Å². The van der Waals surface area contributed by atoms with Gasteiger partial charge < -0.3 is 9.80 Å². The van der Waals surface area contributed by atoms with Gasteiger partial charge in [0.05, 0.1) is 30.0 Å². The highest BCUT2D eigenvalue weighted by molar-refractivity contribution is 7.89. The molecule has 11 nitrogen and oxygen atoms in total. The average molecular weight is 621 g/mol. The fourth-order valence-electron chi connectivity index (χ4n) is 4.99. The van der Waals surface area contributed by atoms with Crippen molar-refractivity contribution in [3.63, 3.8) is 0 Å². The first-order valence-corrected chi connectivity index (χ1v) is 15.1. The molecule has 3 aromatic rings. The average Bonchev–Trinajstić information content (AvgIpc) is 3.29. The van der Waals surface area contributed by atoms with E-state index in [2.05, 4.69) is 25.2 Å². The first-order chi connectivity index (χ1) is 19.1. The molecule has 41 heavy (non-hydrogen) atoms. The zero-order valence-electron chi connectivity index (χ0n) is 21.6. The maximum atomic E-state index is 13.6. The summed E-state index contributed by atoms with van der Waals surface area (Å²) in [4.78, 5) is 20.3. The number of pyridine rings is 1. The topological polar surface area (TPSA) is 125 Å². The monoisotopic (exact) mass is 620 g/mol. The van der Waals surface area contributed by atoms with E-state index in [1.165, 1.54) is 27.8 Å². The summed E-state index contributed by atoms with van der Waals surface area (Å²) in [5.74, 6) is -3.38. The number of rotatable bonds is 6. The minimum absolute atomic E-state index is 0.00835. The van der Waals surface area contributed by atoms with Crippen LogP contribution in [0, 0.1) is 0 Å². The highest BCUT2D eigenvalue weighted by Crippen LogP contribution is 2.38. The highest BCUT2D eigenvalue weighted by atomic mass is 32.2. The normalized spacial score (nSPS) is 22.4. The van der Waals surface area contributed by atoms with E-state index in [-0.39, 0.29) is 53.2 Å². The number of carbonyl (C=O) groups excluding carboxylic acids is 1. The molecular formula is C23H25F5N8O3S2. The predicted molar refractivity (Wildman–Crippen MR) is 137 cm³/mol. The summed E-state index contributed by atoms with van der Waals surface area (Å²) in [5.41, 5.74) is 0.270. The third kappa shape index (κ3) is 5.49. The second kappa shape index (κ2) is 9.53. The molecule has 18 heteroatoms. The van der Waals surface area contributed by atoms with Crippen molar-refractivity contribution < 1.29 is 35.2 Å². The molecule has 3 fully saturated rings. The number of nitrogens with one attached hydrogen (secondary N) is 2. The molecule has 222 valence electrons. The van der Waals surface area contributed by atoms with Crippen LogP contribution in [0.25, 0.3) is 16.3 Å². The van der Waals surface area contributed by atoms with Gasteiger partial charge in [-0.2, -0.15) is 13.2 Å². The van der Waals surface area contributed by atoms with Crippen LogP contribution < -0.4 is 14.9 Å². The van der Waals surface area contributed by atoms with Crippen molar-refractivity contribution >= 4 is 38.5 Å². The summed E-state index contributed by atoms with van der Waals surface area (Å²) in [6, 6.07) is 0.490. The molecule has 0 unspecified atom stereocenters. The van der Waals surface area contributed by atoms with Crippen LogP contribution in [0.4, 0.5) is 27.6 Å². The Labute approximate surface area is 234 Å². The molecule has 1 amide bonds. The number of hydrogen-bond acceptors (Lipinski definition) is 9. The van der Waals surface area contributed by atoms with Crippen LogP contribution >= 0.6 is 11.3 Å². The summed E-state index contributed by atoms with van der Waals surface area (Å²) in [6.45, 7) is 2.15. The van der Waals surface area contributed by atoms with Gasteiger partial charge in [-0.15, -0.1) is 10.2 Å². The number of anilines is 1. The molecule has 1 saturated carbocycles. The summed E-state index contributed by atoms with van der Waals surface area (Å²) in [7, 11) is -4.03. The molecule has 2 aliphatic heterocycles. The molecule has 0 radical (unpaired) electrons. The molecular weight excluding hydrogens is 595 g/mol. The van der Waals surface area contributed by atoms with E-state index >= 15 is 0 Å². The van der Waals surface area contributed by atoms with Crippen molar-refractivity contribution in [1.29, 1.82) is 0 Å². The van der Waals surface area contributed by atoms with E-state index < -0.39 is 57.6 Å². The van der Waals surface area contributed by atoms with Crippen LogP contribution in [-0.2, 0) is 21.0 Å². The maximum absolute atomic E-state index is 13.6. The van der Waals surface area contributed by atoms with E-state index in [1.54, 1.807) is 6.92 Å². The van der Waals surface area contributed by atoms with Crippen LogP contribution in [0.3, 0.4) is 0 Å². The van der Waals surface area contributed by atoms with Gasteiger partial charge >= 0.3 is 6.18 Å². The van der Waals surface area contributed by atoms with Crippen molar-refractivity contribution in [2.24, 2.45) is 0 Å². The number of amides is 1. The second-order valence-corrected chi connectivity index (χ2v) is 13.4. The highest BCUT2D eigenvalue weighted by Gasteiger charge is 2.44. The Kier molecular flexibility index (Phi) is 6.55. The van der Waals surface area contributed by atoms with E-state index in [9.17, 15) is 35.2 Å².